The van der Waals surface area contributed by atoms with E-state index in [9.17, 15) is 4.79 Å². The number of aromatic nitrogens is 3. The third kappa shape index (κ3) is 5.45. The molecule has 0 aliphatic rings. The van der Waals surface area contributed by atoms with Crippen LogP contribution in [0.2, 0.25) is 0 Å². The highest BCUT2D eigenvalue weighted by Crippen LogP contribution is 2.13. The molecule has 1 N–H and O–H groups in total. The van der Waals surface area contributed by atoms with Crippen LogP contribution in [0.4, 0.5) is 0 Å². The van der Waals surface area contributed by atoms with Gasteiger partial charge in [-0.1, -0.05) is 38.3 Å². The molecule has 6 nitrogen and oxygen atoms in total. The Morgan fingerprint density at radius 1 is 1.39 bits per heavy atom. The molecule has 0 atom stereocenters. The number of ether oxygens (including phenoxy) is 1. The van der Waals surface area contributed by atoms with Gasteiger partial charge in [0, 0.05) is 0 Å². The van der Waals surface area contributed by atoms with Crippen LogP contribution in [0.15, 0.2) is 40.4 Å². The first-order valence-electron chi connectivity index (χ1n) is 7.64. The smallest absolute Gasteiger partial charge is 0.293 e. The van der Waals surface area contributed by atoms with Crippen molar-refractivity contribution in [2.24, 2.45) is 5.10 Å². The maximum atomic E-state index is 11.6. The van der Waals surface area contributed by atoms with Crippen molar-refractivity contribution in [2.75, 3.05) is 6.61 Å². The van der Waals surface area contributed by atoms with Crippen molar-refractivity contribution in [2.45, 2.75) is 32.6 Å². The van der Waals surface area contributed by atoms with Crippen LogP contribution >= 0.6 is 12.2 Å². The van der Waals surface area contributed by atoms with Crippen molar-refractivity contribution >= 4 is 18.4 Å². The van der Waals surface area contributed by atoms with E-state index in [1.807, 2.05) is 24.3 Å². The summed E-state index contributed by atoms with van der Waals surface area (Å²) in [6.07, 6.45) is 7.37. The molecule has 122 valence electrons. The van der Waals surface area contributed by atoms with Gasteiger partial charge in [0.15, 0.2) is 0 Å². The first-order chi connectivity index (χ1) is 11.2. The van der Waals surface area contributed by atoms with Gasteiger partial charge in [-0.15, -0.1) is 0 Å². The number of unbranched alkanes of at least 4 members (excludes halogenated alkanes) is 3. The highest BCUT2D eigenvalue weighted by atomic mass is 32.1. The molecule has 7 heteroatoms. The SMILES string of the molecule is CCCCCCOc1cccc(/C=N/n2c(=O)cn[nH]c2=S)c1. The van der Waals surface area contributed by atoms with Crippen LogP contribution in [0, 0.1) is 4.77 Å². The molecule has 0 saturated carbocycles. The minimum Gasteiger partial charge on any atom is -0.494 e. The Balaban J connectivity index is 2.01. The standard InChI is InChI=1S/C16H20N4O2S/c1-2-3-4-5-9-22-14-8-6-7-13(10-14)11-18-20-15(21)12-17-19-16(20)23/h6-8,10-12H,2-5,9H2,1H3,(H,19,23)/b18-11+. The van der Waals surface area contributed by atoms with E-state index in [0.717, 1.165) is 28.6 Å². The van der Waals surface area contributed by atoms with E-state index in [2.05, 4.69) is 22.2 Å². The van der Waals surface area contributed by atoms with Gasteiger partial charge in [-0.2, -0.15) is 14.9 Å². The van der Waals surface area contributed by atoms with Crippen LogP contribution in [0.25, 0.3) is 0 Å². The fourth-order valence-electron chi connectivity index (χ4n) is 1.98. The quantitative estimate of drug-likeness (QED) is 0.458. The molecule has 0 amide bonds. The summed E-state index contributed by atoms with van der Waals surface area (Å²) in [4.78, 5) is 11.6. The Bertz CT molecular complexity index is 739. The van der Waals surface area contributed by atoms with E-state index in [1.54, 1.807) is 6.21 Å². The lowest BCUT2D eigenvalue weighted by atomic mass is 10.2. The van der Waals surface area contributed by atoms with Crippen molar-refractivity contribution in [3.05, 3.63) is 51.2 Å². The first kappa shape index (κ1) is 17.1. The average molecular weight is 332 g/mol. The molecule has 2 rings (SSSR count). The Morgan fingerprint density at radius 2 is 2.26 bits per heavy atom. The van der Waals surface area contributed by atoms with E-state index in [-0.39, 0.29) is 10.3 Å². The molecule has 0 aliphatic heterocycles. The number of H-pyrrole nitrogens is 1. The van der Waals surface area contributed by atoms with Gasteiger partial charge in [0.25, 0.3) is 5.56 Å². The van der Waals surface area contributed by atoms with Crippen LogP contribution in [-0.4, -0.2) is 27.7 Å². The van der Waals surface area contributed by atoms with Crippen LogP contribution < -0.4 is 10.3 Å². The minimum atomic E-state index is -0.381. The summed E-state index contributed by atoms with van der Waals surface area (Å²) in [6, 6.07) is 7.55. The second-order valence-electron chi connectivity index (χ2n) is 5.05. The Kier molecular flexibility index (Phi) is 6.68. The topological polar surface area (TPSA) is 72.3 Å². The van der Waals surface area contributed by atoms with Crippen LogP contribution in [0.1, 0.15) is 38.2 Å². The number of aromatic amines is 1. The molecule has 1 heterocycles. The first-order valence-corrected chi connectivity index (χ1v) is 8.05. The molecule has 0 saturated heterocycles. The van der Waals surface area contributed by atoms with E-state index in [4.69, 9.17) is 17.0 Å². The van der Waals surface area contributed by atoms with E-state index in [1.165, 1.54) is 19.3 Å². The number of hydrogen-bond donors (Lipinski definition) is 1. The lowest BCUT2D eigenvalue weighted by molar-refractivity contribution is 0.305. The predicted molar refractivity (Wildman–Crippen MR) is 92.8 cm³/mol. The van der Waals surface area contributed by atoms with Gasteiger partial charge in [0.1, 0.15) is 11.9 Å². The average Bonchev–Trinajstić information content (AvgIpc) is 2.55. The fraction of sp³-hybridized carbons (Fsp3) is 0.375. The Hall–Kier alpha value is -2.28. The minimum absolute atomic E-state index is 0.150. The summed E-state index contributed by atoms with van der Waals surface area (Å²) in [5.41, 5.74) is 0.447. The number of nitrogens with one attached hydrogen (secondary N) is 1. The maximum absolute atomic E-state index is 11.6. The second kappa shape index (κ2) is 8.99. The highest BCUT2D eigenvalue weighted by Gasteiger charge is 1.97. The molecule has 1 aromatic carbocycles. The van der Waals surface area contributed by atoms with Crippen molar-refractivity contribution in [1.82, 2.24) is 14.9 Å². The van der Waals surface area contributed by atoms with Gasteiger partial charge in [-0.25, -0.2) is 0 Å². The summed E-state index contributed by atoms with van der Waals surface area (Å²) >= 11 is 4.98. The molecule has 0 unspecified atom stereocenters. The van der Waals surface area contributed by atoms with Gasteiger partial charge >= 0.3 is 0 Å². The molecule has 0 fully saturated rings. The Morgan fingerprint density at radius 3 is 3.04 bits per heavy atom. The zero-order valence-electron chi connectivity index (χ0n) is 13.1. The molecular formula is C16H20N4O2S. The lowest BCUT2D eigenvalue weighted by Crippen LogP contribution is -2.18. The van der Waals surface area contributed by atoms with E-state index < -0.39 is 0 Å². The van der Waals surface area contributed by atoms with Gasteiger partial charge < -0.3 is 4.74 Å². The normalized spacial score (nSPS) is 11.0. The van der Waals surface area contributed by atoms with Gasteiger partial charge in [0.05, 0.1) is 12.8 Å². The summed E-state index contributed by atoms with van der Waals surface area (Å²) in [5, 5.41) is 10.2. The summed E-state index contributed by atoms with van der Waals surface area (Å²) in [7, 11) is 0. The van der Waals surface area contributed by atoms with Crippen LogP contribution in [0.3, 0.4) is 0 Å². The van der Waals surface area contributed by atoms with Crippen molar-refractivity contribution in [3.8, 4) is 5.75 Å². The molecular weight excluding hydrogens is 312 g/mol. The third-order valence-corrected chi connectivity index (χ3v) is 3.45. The van der Waals surface area contributed by atoms with Gasteiger partial charge in [-0.05, 0) is 36.3 Å². The molecule has 2 aromatic rings. The molecule has 0 aliphatic carbocycles. The van der Waals surface area contributed by atoms with E-state index >= 15 is 0 Å². The summed E-state index contributed by atoms with van der Waals surface area (Å²) < 4.78 is 6.96. The zero-order valence-corrected chi connectivity index (χ0v) is 13.9. The number of nitrogens with zero attached hydrogens (tertiary/aromatic N) is 3. The molecule has 0 radical (unpaired) electrons. The van der Waals surface area contributed by atoms with Crippen LogP contribution in [0.5, 0.6) is 5.75 Å². The maximum Gasteiger partial charge on any atom is 0.293 e. The van der Waals surface area contributed by atoms with E-state index in [0.29, 0.717) is 6.61 Å². The third-order valence-electron chi connectivity index (χ3n) is 3.18. The molecule has 0 spiro atoms. The fourth-order valence-corrected chi connectivity index (χ4v) is 2.17. The number of rotatable bonds is 8. The summed E-state index contributed by atoms with van der Waals surface area (Å²) in [6.45, 7) is 2.89. The monoisotopic (exact) mass is 332 g/mol. The van der Waals surface area contributed by atoms with Gasteiger partial charge in [0.2, 0.25) is 4.77 Å². The molecule has 0 bridgehead atoms. The number of benzene rings is 1. The lowest BCUT2D eigenvalue weighted by Gasteiger charge is -2.06. The molecule has 23 heavy (non-hydrogen) atoms. The second-order valence-corrected chi connectivity index (χ2v) is 5.44. The predicted octanol–water partition coefficient (Wildman–Crippen LogP) is 3.14. The van der Waals surface area contributed by atoms with Gasteiger partial charge in [-0.3, -0.25) is 9.89 Å². The van der Waals surface area contributed by atoms with Crippen molar-refractivity contribution in [3.63, 3.8) is 0 Å². The van der Waals surface area contributed by atoms with Crippen molar-refractivity contribution < 1.29 is 4.74 Å². The highest BCUT2D eigenvalue weighted by molar-refractivity contribution is 7.71. The zero-order chi connectivity index (χ0) is 16.5. The van der Waals surface area contributed by atoms with Crippen molar-refractivity contribution in [1.29, 1.82) is 0 Å². The summed E-state index contributed by atoms with van der Waals surface area (Å²) in [5.74, 6) is 0.790. The Labute approximate surface area is 139 Å². The number of hydrogen-bond acceptors (Lipinski definition) is 5. The largest absolute Gasteiger partial charge is 0.494 e. The van der Waals surface area contributed by atoms with Crippen LogP contribution in [-0.2, 0) is 0 Å². The molecule has 1 aromatic heterocycles.